The fourth-order valence-electron chi connectivity index (χ4n) is 3.48. The van der Waals surface area contributed by atoms with Crippen molar-refractivity contribution in [1.29, 1.82) is 0 Å². The number of quaternary nitrogens is 2. The maximum atomic E-state index is 12.0. The summed E-state index contributed by atoms with van der Waals surface area (Å²) in [6.07, 6.45) is 0.0976. The Labute approximate surface area is 225 Å². The third-order valence-corrected chi connectivity index (χ3v) is 5.36. The minimum atomic E-state index is -0.359. The van der Waals surface area contributed by atoms with Crippen molar-refractivity contribution in [2.75, 3.05) is 54.5 Å². The summed E-state index contributed by atoms with van der Waals surface area (Å²) in [5.41, 5.74) is 2.49. The van der Waals surface area contributed by atoms with Crippen LogP contribution in [0.1, 0.15) is 24.0 Å². The predicted molar refractivity (Wildman–Crippen MR) is 125 cm³/mol. The first kappa shape index (κ1) is 32.3. The SMILES string of the molecule is C[N+](C)(CCOC(=O)CCC(=O)OCC[N+](C)(C)Cc1ccccc1)Cc1ccccc1.[Br-].[Br-]. The van der Waals surface area contributed by atoms with Crippen LogP contribution in [0.25, 0.3) is 0 Å². The Kier molecular flexibility index (Phi) is 15.2. The van der Waals surface area contributed by atoms with Crippen LogP contribution in [-0.4, -0.2) is 75.4 Å². The third-order valence-electron chi connectivity index (χ3n) is 5.36. The summed E-state index contributed by atoms with van der Waals surface area (Å²) >= 11 is 0. The van der Waals surface area contributed by atoms with Crippen molar-refractivity contribution in [2.45, 2.75) is 25.9 Å². The Balaban J connectivity index is 0.00000544. The summed E-state index contributed by atoms with van der Waals surface area (Å²) in [4.78, 5) is 24.0. The summed E-state index contributed by atoms with van der Waals surface area (Å²) in [5, 5.41) is 0. The summed E-state index contributed by atoms with van der Waals surface area (Å²) < 4.78 is 12.1. The Morgan fingerprint density at radius 1 is 0.618 bits per heavy atom. The first-order chi connectivity index (χ1) is 15.2. The minimum absolute atomic E-state index is 0. The molecule has 2 aromatic rings. The predicted octanol–water partition coefficient (Wildman–Crippen LogP) is -2.59. The lowest BCUT2D eigenvalue weighted by Gasteiger charge is -2.29. The van der Waals surface area contributed by atoms with Crippen LogP contribution in [-0.2, 0) is 32.2 Å². The zero-order valence-electron chi connectivity index (χ0n) is 20.7. The average molecular weight is 602 g/mol. The number of carbonyl (C=O) groups excluding carboxylic acids is 2. The summed E-state index contributed by atoms with van der Waals surface area (Å²) in [5.74, 6) is -0.719. The highest BCUT2D eigenvalue weighted by Gasteiger charge is 2.19. The molecule has 0 radical (unpaired) electrons. The molecule has 0 aliphatic rings. The molecule has 0 fully saturated rings. The molecule has 0 atom stereocenters. The molecule has 0 unspecified atom stereocenters. The van der Waals surface area contributed by atoms with Gasteiger partial charge in [-0.05, 0) is 0 Å². The fraction of sp³-hybridized carbons (Fsp3) is 0.462. The lowest BCUT2D eigenvalue weighted by molar-refractivity contribution is -0.903. The van der Waals surface area contributed by atoms with E-state index in [0.29, 0.717) is 26.3 Å². The largest absolute Gasteiger partial charge is 1.00 e. The first-order valence-electron chi connectivity index (χ1n) is 11.2. The molecule has 0 saturated heterocycles. The lowest BCUT2D eigenvalue weighted by atomic mass is 10.2. The number of esters is 2. The molecule has 2 aromatic carbocycles. The Bertz CT molecular complexity index is 775. The van der Waals surface area contributed by atoms with Gasteiger partial charge in [-0.15, -0.1) is 0 Å². The van der Waals surface area contributed by atoms with Gasteiger partial charge < -0.3 is 52.4 Å². The highest BCUT2D eigenvalue weighted by molar-refractivity contribution is 5.77. The van der Waals surface area contributed by atoms with Gasteiger partial charge in [0.15, 0.2) is 0 Å². The van der Waals surface area contributed by atoms with Crippen LogP contribution >= 0.6 is 0 Å². The topological polar surface area (TPSA) is 52.6 Å². The number of benzene rings is 2. The van der Waals surface area contributed by atoms with Gasteiger partial charge >= 0.3 is 11.9 Å². The molecule has 0 spiro atoms. The zero-order valence-corrected chi connectivity index (χ0v) is 23.9. The monoisotopic (exact) mass is 600 g/mol. The van der Waals surface area contributed by atoms with Gasteiger partial charge in [0.1, 0.15) is 39.4 Å². The molecule has 0 aliphatic heterocycles. The molecule has 0 bridgehead atoms. The van der Waals surface area contributed by atoms with E-state index in [-0.39, 0.29) is 58.7 Å². The van der Waals surface area contributed by atoms with Gasteiger partial charge in [0.2, 0.25) is 0 Å². The van der Waals surface area contributed by atoms with Gasteiger partial charge in [0.05, 0.1) is 41.0 Å². The molecular weight excluding hydrogens is 564 g/mol. The summed E-state index contributed by atoms with van der Waals surface area (Å²) in [6.45, 7) is 3.81. The van der Waals surface area contributed by atoms with Crippen LogP contribution in [0, 0.1) is 0 Å². The molecule has 0 aromatic heterocycles. The summed E-state index contributed by atoms with van der Waals surface area (Å²) in [6, 6.07) is 20.5. The van der Waals surface area contributed by atoms with E-state index < -0.39 is 0 Å². The summed E-state index contributed by atoms with van der Waals surface area (Å²) in [7, 11) is 8.43. The second-order valence-electron chi connectivity index (χ2n) is 9.55. The molecule has 0 amide bonds. The zero-order chi connectivity index (χ0) is 23.5. The van der Waals surface area contributed by atoms with Crippen LogP contribution < -0.4 is 34.0 Å². The lowest BCUT2D eigenvalue weighted by Crippen LogP contribution is -3.00. The number of hydrogen-bond acceptors (Lipinski definition) is 4. The smallest absolute Gasteiger partial charge is 0.306 e. The van der Waals surface area contributed by atoms with Crippen molar-refractivity contribution >= 4 is 11.9 Å². The van der Waals surface area contributed by atoms with Crippen LogP contribution in [0.3, 0.4) is 0 Å². The van der Waals surface area contributed by atoms with E-state index >= 15 is 0 Å². The number of nitrogens with zero attached hydrogens (tertiary/aromatic N) is 2. The molecule has 0 heterocycles. The molecule has 0 aliphatic carbocycles. The van der Waals surface area contributed by atoms with Gasteiger partial charge in [0, 0.05) is 11.1 Å². The number of carbonyl (C=O) groups is 2. The Morgan fingerprint density at radius 2 is 0.941 bits per heavy atom. The molecule has 8 heteroatoms. The standard InChI is InChI=1S/C26H38N2O4.2BrH/c1-27(2,21-23-11-7-5-8-12-23)17-19-31-25(29)15-16-26(30)32-20-18-28(3,4)22-24-13-9-6-10-14-24;;/h5-14H,15-22H2,1-4H3;2*1H/q+2;;/p-2. The van der Waals surface area contributed by atoms with Crippen molar-refractivity contribution in [2.24, 2.45) is 0 Å². The van der Waals surface area contributed by atoms with Gasteiger partial charge in [-0.2, -0.15) is 0 Å². The number of rotatable bonds is 13. The minimum Gasteiger partial charge on any atom is -1.00 e. The molecule has 0 N–H and O–H groups in total. The molecule has 2 rings (SSSR count). The van der Waals surface area contributed by atoms with Crippen LogP contribution in [0.5, 0.6) is 0 Å². The number of ether oxygens (including phenoxy) is 2. The molecule has 0 saturated carbocycles. The normalized spacial score (nSPS) is 11.1. The second-order valence-corrected chi connectivity index (χ2v) is 9.55. The Hall–Kier alpha value is -1.74. The highest BCUT2D eigenvalue weighted by Crippen LogP contribution is 2.10. The number of halogens is 2. The second kappa shape index (κ2) is 16.0. The van der Waals surface area contributed by atoms with Gasteiger partial charge in [0.25, 0.3) is 0 Å². The van der Waals surface area contributed by atoms with Crippen LogP contribution in [0.4, 0.5) is 0 Å². The van der Waals surface area contributed by atoms with E-state index in [1.807, 2.05) is 36.4 Å². The van der Waals surface area contributed by atoms with E-state index in [9.17, 15) is 9.59 Å². The van der Waals surface area contributed by atoms with E-state index in [1.54, 1.807) is 0 Å². The number of hydrogen-bond donors (Lipinski definition) is 0. The van der Waals surface area contributed by atoms with E-state index in [4.69, 9.17) is 9.47 Å². The molecule has 190 valence electrons. The van der Waals surface area contributed by atoms with Gasteiger partial charge in [-0.3, -0.25) is 9.59 Å². The van der Waals surface area contributed by atoms with Gasteiger partial charge in [-0.1, -0.05) is 60.7 Å². The highest BCUT2D eigenvalue weighted by atomic mass is 79.9. The maximum absolute atomic E-state index is 12.0. The van der Waals surface area contributed by atoms with E-state index in [1.165, 1.54) is 11.1 Å². The molecule has 6 nitrogen and oxygen atoms in total. The Morgan fingerprint density at radius 3 is 1.26 bits per heavy atom. The van der Waals surface area contributed by atoms with Crippen molar-refractivity contribution in [3.63, 3.8) is 0 Å². The quantitative estimate of drug-likeness (QED) is 0.187. The number of likely N-dealkylation sites (N-methyl/N-ethyl adjacent to an activating group) is 2. The first-order valence-corrected chi connectivity index (χ1v) is 11.2. The van der Waals surface area contributed by atoms with Crippen LogP contribution in [0.2, 0.25) is 0 Å². The maximum Gasteiger partial charge on any atom is 0.306 e. The van der Waals surface area contributed by atoms with E-state index in [0.717, 1.165) is 22.1 Å². The third kappa shape index (κ3) is 13.8. The van der Waals surface area contributed by atoms with Crippen molar-refractivity contribution < 1.29 is 62.0 Å². The molecule has 34 heavy (non-hydrogen) atoms. The van der Waals surface area contributed by atoms with Crippen molar-refractivity contribution in [1.82, 2.24) is 0 Å². The van der Waals surface area contributed by atoms with Crippen LogP contribution in [0.15, 0.2) is 60.7 Å². The van der Waals surface area contributed by atoms with Crippen molar-refractivity contribution in [3.05, 3.63) is 71.8 Å². The van der Waals surface area contributed by atoms with Gasteiger partial charge in [-0.25, -0.2) is 0 Å². The van der Waals surface area contributed by atoms with Crippen molar-refractivity contribution in [3.8, 4) is 0 Å². The fourth-order valence-corrected chi connectivity index (χ4v) is 3.48. The molecular formula is C26H38Br2N2O4. The average Bonchev–Trinajstić information content (AvgIpc) is 2.73. The van der Waals surface area contributed by atoms with E-state index in [2.05, 4.69) is 52.5 Å².